The molecule has 6 nitrogen and oxygen atoms in total. The molecule has 2 rings (SSSR count). The number of hydrogen-bond acceptors (Lipinski definition) is 6. The number of carbonyl (C=O) groups is 2. The lowest BCUT2D eigenvalue weighted by molar-refractivity contribution is -0.141. The Balaban J connectivity index is 1.97. The fourth-order valence-electron chi connectivity index (χ4n) is 2.12. The number of nitrogens with one attached hydrogen (secondary N) is 1. The van der Waals surface area contributed by atoms with Gasteiger partial charge in [-0.25, -0.2) is 0 Å². The van der Waals surface area contributed by atoms with E-state index in [4.69, 9.17) is 0 Å². The molecule has 1 N–H and O–H groups in total. The van der Waals surface area contributed by atoms with Crippen LogP contribution >= 0.6 is 22.7 Å². The van der Waals surface area contributed by atoms with Crippen molar-refractivity contribution < 1.29 is 14.3 Å². The number of ether oxygens (including phenoxy) is 1. The van der Waals surface area contributed by atoms with Gasteiger partial charge < -0.3 is 14.6 Å². The molecule has 2 aromatic rings. The van der Waals surface area contributed by atoms with Crippen LogP contribution in [0.25, 0.3) is 0 Å². The van der Waals surface area contributed by atoms with Gasteiger partial charge in [-0.15, -0.1) is 11.3 Å². The van der Waals surface area contributed by atoms with Gasteiger partial charge in [-0.05, 0) is 18.4 Å². The highest BCUT2D eigenvalue weighted by Crippen LogP contribution is 2.22. The lowest BCUT2D eigenvalue weighted by atomic mass is 10.1. The van der Waals surface area contributed by atoms with E-state index in [2.05, 4.69) is 10.1 Å². The number of aromatic nitrogens is 1. The number of esters is 1. The molecule has 2 heterocycles. The van der Waals surface area contributed by atoms with Crippen molar-refractivity contribution in [2.45, 2.75) is 32.4 Å². The quantitative estimate of drug-likeness (QED) is 0.773. The molecule has 1 amide bonds. The highest BCUT2D eigenvalue weighted by Gasteiger charge is 2.20. The number of aryl methyl sites for hydroxylation is 1. The van der Waals surface area contributed by atoms with Crippen molar-refractivity contribution in [1.82, 2.24) is 9.88 Å². The molecular weight excluding hydrogens is 336 g/mol. The Morgan fingerprint density at radius 1 is 1.39 bits per heavy atom. The minimum absolute atomic E-state index is 0.0698. The molecule has 0 fully saturated rings. The Hall–Kier alpha value is -1.93. The molecule has 0 saturated heterocycles. The van der Waals surface area contributed by atoms with Crippen LogP contribution in [0.4, 0.5) is 0 Å². The monoisotopic (exact) mass is 354 g/mol. The van der Waals surface area contributed by atoms with Gasteiger partial charge in [-0.3, -0.25) is 14.4 Å². The number of hydrogen-bond donors (Lipinski definition) is 1. The number of methoxy groups -OCH3 is 1. The van der Waals surface area contributed by atoms with Gasteiger partial charge in [0.25, 0.3) is 0 Å². The average Bonchev–Trinajstić information content (AvgIpc) is 3.15. The van der Waals surface area contributed by atoms with Crippen molar-refractivity contribution >= 4 is 34.6 Å². The average molecular weight is 354 g/mol. The van der Waals surface area contributed by atoms with Gasteiger partial charge in [-0.1, -0.05) is 17.4 Å². The van der Waals surface area contributed by atoms with Crippen LogP contribution < -0.4 is 10.2 Å². The van der Waals surface area contributed by atoms with E-state index in [1.54, 1.807) is 9.95 Å². The maximum atomic E-state index is 12.2. The van der Waals surface area contributed by atoms with Crippen molar-refractivity contribution in [3.05, 3.63) is 43.1 Å². The van der Waals surface area contributed by atoms with Crippen molar-refractivity contribution in [2.24, 2.45) is 0 Å². The summed E-state index contributed by atoms with van der Waals surface area (Å²) < 4.78 is 6.26. The van der Waals surface area contributed by atoms with E-state index in [1.807, 2.05) is 24.4 Å². The Kier molecular flexibility index (Phi) is 6.12. The maximum Gasteiger partial charge on any atom is 0.307 e. The Morgan fingerprint density at radius 2 is 2.17 bits per heavy atom. The zero-order chi connectivity index (χ0) is 16.8. The van der Waals surface area contributed by atoms with Gasteiger partial charge in [0.2, 0.25) is 5.91 Å². The van der Waals surface area contributed by atoms with Crippen LogP contribution in [0.2, 0.25) is 0 Å². The van der Waals surface area contributed by atoms with Crippen molar-refractivity contribution in [3.8, 4) is 0 Å². The molecule has 0 saturated carbocycles. The zero-order valence-electron chi connectivity index (χ0n) is 12.9. The zero-order valence-corrected chi connectivity index (χ0v) is 14.5. The topological polar surface area (TPSA) is 77.4 Å². The number of amides is 1. The molecule has 124 valence electrons. The largest absolute Gasteiger partial charge is 0.469 e. The van der Waals surface area contributed by atoms with Crippen molar-refractivity contribution in [3.63, 3.8) is 0 Å². The van der Waals surface area contributed by atoms with E-state index >= 15 is 0 Å². The minimum Gasteiger partial charge on any atom is -0.469 e. The molecule has 0 bridgehead atoms. The summed E-state index contributed by atoms with van der Waals surface area (Å²) in [7, 11) is 1.32. The third-order valence-corrected chi connectivity index (χ3v) is 5.23. The first-order valence-corrected chi connectivity index (χ1v) is 8.81. The first kappa shape index (κ1) is 17.4. The molecular formula is C15H18N2O4S2. The molecule has 1 atom stereocenters. The molecule has 23 heavy (non-hydrogen) atoms. The van der Waals surface area contributed by atoms with Gasteiger partial charge in [0.15, 0.2) is 0 Å². The highest BCUT2D eigenvalue weighted by molar-refractivity contribution is 7.10. The second-order valence-electron chi connectivity index (χ2n) is 4.96. The van der Waals surface area contributed by atoms with Crippen LogP contribution in [0.3, 0.4) is 0 Å². The van der Waals surface area contributed by atoms with Gasteiger partial charge in [-0.2, -0.15) is 0 Å². The summed E-state index contributed by atoms with van der Waals surface area (Å²) in [6.45, 7) is 2.16. The van der Waals surface area contributed by atoms with E-state index in [-0.39, 0.29) is 29.6 Å². The number of rotatable bonds is 7. The van der Waals surface area contributed by atoms with Gasteiger partial charge in [0.05, 0.1) is 19.6 Å². The van der Waals surface area contributed by atoms with E-state index in [1.165, 1.54) is 18.4 Å². The maximum absolute atomic E-state index is 12.2. The van der Waals surface area contributed by atoms with E-state index in [0.29, 0.717) is 6.54 Å². The molecule has 0 spiro atoms. The third-order valence-electron chi connectivity index (χ3n) is 3.36. The summed E-state index contributed by atoms with van der Waals surface area (Å²) in [6.07, 6.45) is 0.265. The summed E-state index contributed by atoms with van der Waals surface area (Å²) in [5.41, 5.74) is 0.845. The summed E-state index contributed by atoms with van der Waals surface area (Å²) in [5, 5.41) is 6.50. The fourth-order valence-corrected chi connectivity index (χ4v) is 3.66. The summed E-state index contributed by atoms with van der Waals surface area (Å²) in [6, 6.07) is 3.33. The molecule has 0 aliphatic carbocycles. The molecule has 0 aromatic carbocycles. The highest BCUT2D eigenvalue weighted by atomic mass is 32.1. The molecule has 1 unspecified atom stereocenters. The van der Waals surface area contributed by atoms with Crippen LogP contribution in [-0.4, -0.2) is 23.6 Å². The first-order valence-electron chi connectivity index (χ1n) is 7.05. The van der Waals surface area contributed by atoms with Crippen LogP contribution in [0.15, 0.2) is 27.7 Å². The fraction of sp³-hybridized carbons (Fsp3) is 0.400. The van der Waals surface area contributed by atoms with Crippen LogP contribution in [-0.2, 0) is 20.9 Å². The van der Waals surface area contributed by atoms with Crippen molar-refractivity contribution in [1.29, 1.82) is 0 Å². The molecule has 0 aliphatic rings. The summed E-state index contributed by atoms with van der Waals surface area (Å²) in [4.78, 5) is 36.1. The molecule has 2 aromatic heterocycles. The van der Waals surface area contributed by atoms with Gasteiger partial charge in [0, 0.05) is 28.9 Å². The summed E-state index contributed by atoms with van der Waals surface area (Å²) >= 11 is 2.59. The van der Waals surface area contributed by atoms with Crippen LogP contribution in [0.1, 0.15) is 29.5 Å². The normalized spacial score (nSPS) is 11.9. The minimum atomic E-state index is -0.407. The second-order valence-corrected chi connectivity index (χ2v) is 6.76. The Labute approximate surface area is 141 Å². The second kappa shape index (κ2) is 8.07. The first-order chi connectivity index (χ1) is 11.0. The number of thiazole rings is 1. The van der Waals surface area contributed by atoms with Crippen LogP contribution in [0.5, 0.6) is 0 Å². The van der Waals surface area contributed by atoms with Gasteiger partial charge >= 0.3 is 10.8 Å². The Bertz CT molecular complexity index is 718. The number of carbonyl (C=O) groups excluding carboxylic acids is 2. The lowest BCUT2D eigenvalue weighted by Gasteiger charge is -2.16. The summed E-state index contributed by atoms with van der Waals surface area (Å²) in [5.74, 6) is -0.585. The molecule has 0 aliphatic heterocycles. The molecule has 0 radical (unpaired) electrons. The third kappa shape index (κ3) is 4.77. The number of thiophene rings is 1. The predicted molar refractivity (Wildman–Crippen MR) is 89.8 cm³/mol. The number of nitrogens with zero attached hydrogens (tertiary/aromatic N) is 1. The van der Waals surface area contributed by atoms with E-state index in [9.17, 15) is 14.4 Å². The molecule has 8 heteroatoms. The smallest absolute Gasteiger partial charge is 0.307 e. The lowest BCUT2D eigenvalue weighted by Crippen LogP contribution is -2.31. The standard InChI is InChI=1S/C15H18N2O4S2/c1-10-9-23-15(20)17(10)6-5-13(18)16-11(8-14(19)21-2)12-4-3-7-22-12/h3-4,7,9,11H,5-6,8H2,1-2H3,(H,16,18). The predicted octanol–water partition coefficient (Wildman–Crippen LogP) is 2.09. The Morgan fingerprint density at radius 3 is 2.74 bits per heavy atom. The van der Waals surface area contributed by atoms with Gasteiger partial charge in [0.1, 0.15) is 0 Å². The van der Waals surface area contributed by atoms with Crippen LogP contribution in [0, 0.1) is 6.92 Å². The van der Waals surface area contributed by atoms with E-state index in [0.717, 1.165) is 21.9 Å². The van der Waals surface area contributed by atoms with E-state index < -0.39 is 6.04 Å². The SMILES string of the molecule is COC(=O)CC(NC(=O)CCn1c(C)csc1=O)c1cccs1. The van der Waals surface area contributed by atoms with Crippen molar-refractivity contribution in [2.75, 3.05) is 7.11 Å².